The van der Waals surface area contributed by atoms with E-state index in [0.29, 0.717) is 5.56 Å². The summed E-state index contributed by atoms with van der Waals surface area (Å²) in [5.74, 6) is -0.444. The maximum absolute atomic E-state index is 13.0. The summed E-state index contributed by atoms with van der Waals surface area (Å²) < 4.78 is 13.0. The zero-order valence-corrected chi connectivity index (χ0v) is 8.40. The van der Waals surface area contributed by atoms with Gasteiger partial charge in [0.2, 0.25) is 0 Å². The lowest BCUT2D eigenvalue weighted by atomic mass is 9.85. The minimum atomic E-state index is -0.501. The van der Waals surface area contributed by atoms with Crippen LogP contribution in [0.15, 0.2) is 18.2 Å². The Hall–Kier alpha value is -0.600. The standard InChI is InChI=1S/C10H12ClFO/c1-10(2,6-13)7-4-3-5-8(12)9(7)11/h3-5,13H,6H2,1-2H3. The second kappa shape index (κ2) is 3.64. The molecule has 0 fully saturated rings. The summed E-state index contributed by atoms with van der Waals surface area (Å²) in [6.45, 7) is 3.57. The highest BCUT2D eigenvalue weighted by atomic mass is 35.5. The second-order valence-electron chi connectivity index (χ2n) is 3.64. The molecule has 0 aliphatic heterocycles. The number of aliphatic hydroxyl groups excluding tert-OH is 1. The van der Waals surface area contributed by atoms with Gasteiger partial charge in [-0.25, -0.2) is 4.39 Å². The normalized spacial score (nSPS) is 11.8. The molecule has 0 radical (unpaired) electrons. The van der Waals surface area contributed by atoms with Gasteiger partial charge in [0.15, 0.2) is 0 Å². The van der Waals surface area contributed by atoms with Crippen LogP contribution in [0.1, 0.15) is 19.4 Å². The predicted molar refractivity (Wildman–Crippen MR) is 51.5 cm³/mol. The minimum Gasteiger partial charge on any atom is -0.395 e. The van der Waals surface area contributed by atoms with E-state index in [1.807, 2.05) is 13.8 Å². The van der Waals surface area contributed by atoms with E-state index < -0.39 is 11.2 Å². The molecule has 72 valence electrons. The Morgan fingerprint density at radius 3 is 2.62 bits per heavy atom. The van der Waals surface area contributed by atoms with E-state index in [-0.39, 0.29) is 11.6 Å². The van der Waals surface area contributed by atoms with Crippen LogP contribution in [0.3, 0.4) is 0 Å². The van der Waals surface area contributed by atoms with Crippen LogP contribution in [-0.2, 0) is 5.41 Å². The van der Waals surface area contributed by atoms with Gasteiger partial charge in [0.05, 0.1) is 11.6 Å². The summed E-state index contributed by atoms with van der Waals surface area (Å²) in [7, 11) is 0. The number of hydrogen-bond acceptors (Lipinski definition) is 1. The number of hydrogen-bond donors (Lipinski definition) is 1. The fourth-order valence-corrected chi connectivity index (χ4v) is 1.49. The van der Waals surface area contributed by atoms with Gasteiger partial charge < -0.3 is 5.11 Å². The van der Waals surface area contributed by atoms with E-state index >= 15 is 0 Å². The summed E-state index contributed by atoms with van der Waals surface area (Å²) in [5.41, 5.74) is 0.135. The molecule has 0 saturated carbocycles. The van der Waals surface area contributed by atoms with Crippen molar-refractivity contribution >= 4 is 11.6 Å². The van der Waals surface area contributed by atoms with Crippen molar-refractivity contribution in [3.8, 4) is 0 Å². The molecule has 1 aromatic rings. The molecule has 0 aromatic heterocycles. The topological polar surface area (TPSA) is 20.2 Å². The molecule has 0 heterocycles. The molecule has 0 atom stereocenters. The van der Waals surface area contributed by atoms with E-state index in [1.54, 1.807) is 12.1 Å². The lowest BCUT2D eigenvalue weighted by molar-refractivity contribution is 0.218. The van der Waals surface area contributed by atoms with Crippen molar-refractivity contribution in [3.05, 3.63) is 34.6 Å². The molecule has 0 aliphatic rings. The van der Waals surface area contributed by atoms with Crippen LogP contribution in [0.4, 0.5) is 4.39 Å². The molecule has 0 amide bonds. The SMILES string of the molecule is CC(C)(CO)c1cccc(F)c1Cl. The molecule has 0 bridgehead atoms. The molecule has 0 saturated heterocycles. The van der Waals surface area contributed by atoms with E-state index in [9.17, 15) is 4.39 Å². The van der Waals surface area contributed by atoms with E-state index in [1.165, 1.54) is 6.07 Å². The third-order valence-electron chi connectivity index (χ3n) is 2.08. The van der Waals surface area contributed by atoms with Crippen LogP contribution < -0.4 is 0 Å². The molecule has 3 heteroatoms. The van der Waals surface area contributed by atoms with Crippen LogP contribution in [0, 0.1) is 5.82 Å². The lowest BCUT2D eigenvalue weighted by Crippen LogP contribution is -2.22. The Morgan fingerprint density at radius 2 is 2.08 bits per heavy atom. The first-order chi connectivity index (χ1) is 5.99. The molecule has 13 heavy (non-hydrogen) atoms. The molecule has 0 unspecified atom stereocenters. The highest BCUT2D eigenvalue weighted by molar-refractivity contribution is 6.31. The molecule has 0 aliphatic carbocycles. The summed E-state index contributed by atoms with van der Waals surface area (Å²) >= 11 is 5.77. The third kappa shape index (κ3) is 2.01. The molecular formula is C10H12ClFO. The van der Waals surface area contributed by atoms with Crippen molar-refractivity contribution in [2.75, 3.05) is 6.61 Å². The van der Waals surface area contributed by atoms with Gasteiger partial charge in [-0.1, -0.05) is 37.6 Å². The summed E-state index contributed by atoms with van der Waals surface area (Å²) in [5, 5.41) is 9.18. The summed E-state index contributed by atoms with van der Waals surface area (Å²) in [6.07, 6.45) is 0. The van der Waals surface area contributed by atoms with Gasteiger partial charge in [-0.15, -0.1) is 0 Å². The number of rotatable bonds is 2. The van der Waals surface area contributed by atoms with Crippen molar-refractivity contribution in [2.24, 2.45) is 0 Å². The van der Waals surface area contributed by atoms with Gasteiger partial charge in [0.25, 0.3) is 0 Å². The van der Waals surface area contributed by atoms with Gasteiger partial charge in [-0.05, 0) is 11.6 Å². The van der Waals surface area contributed by atoms with Gasteiger partial charge >= 0.3 is 0 Å². The van der Waals surface area contributed by atoms with Crippen LogP contribution in [0.25, 0.3) is 0 Å². The number of halogens is 2. The van der Waals surface area contributed by atoms with E-state index in [2.05, 4.69) is 0 Å². The zero-order chi connectivity index (χ0) is 10.1. The fourth-order valence-electron chi connectivity index (χ4n) is 1.11. The monoisotopic (exact) mass is 202 g/mol. The quantitative estimate of drug-likeness (QED) is 0.782. The van der Waals surface area contributed by atoms with Crippen LogP contribution in [0.2, 0.25) is 5.02 Å². The first-order valence-corrected chi connectivity index (χ1v) is 4.42. The Kier molecular flexibility index (Phi) is 2.94. The number of aliphatic hydroxyl groups is 1. The average Bonchev–Trinajstić information content (AvgIpc) is 2.09. The molecule has 0 spiro atoms. The lowest BCUT2D eigenvalue weighted by Gasteiger charge is -2.23. The average molecular weight is 203 g/mol. The minimum absolute atomic E-state index is 0.0594. The first kappa shape index (κ1) is 10.5. The predicted octanol–water partition coefficient (Wildman–Crippen LogP) is 2.75. The van der Waals surface area contributed by atoms with Crippen molar-refractivity contribution < 1.29 is 9.50 Å². The van der Waals surface area contributed by atoms with Gasteiger partial charge in [-0.3, -0.25) is 0 Å². The molecule has 1 rings (SSSR count). The highest BCUT2D eigenvalue weighted by Crippen LogP contribution is 2.30. The van der Waals surface area contributed by atoms with Crippen molar-refractivity contribution in [3.63, 3.8) is 0 Å². The zero-order valence-electron chi connectivity index (χ0n) is 7.64. The van der Waals surface area contributed by atoms with E-state index in [0.717, 1.165) is 0 Å². The van der Waals surface area contributed by atoms with E-state index in [4.69, 9.17) is 16.7 Å². The fraction of sp³-hybridized carbons (Fsp3) is 0.400. The Bertz CT molecular complexity index is 310. The molecule has 1 nitrogen and oxygen atoms in total. The van der Waals surface area contributed by atoms with Crippen molar-refractivity contribution in [2.45, 2.75) is 19.3 Å². The maximum atomic E-state index is 13.0. The van der Waals surface area contributed by atoms with Crippen LogP contribution in [-0.4, -0.2) is 11.7 Å². The summed E-state index contributed by atoms with van der Waals surface area (Å²) in [6, 6.07) is 4.62. The van der Waals surface area contributed by atoms with Crippen LogP contribution >= 0.6 is 11.6 Å². The maximum Gasteiger partial charge on any atom is 0.142 e. The Morgan fingerprint density at radius 1 is 1.46 bits per heavy atom. The second-order valence-corrected chi connectivity index (χ2v) is 4.02. The van der Waals surface area contributed by atoms with Gasteiger partial charge in [0.1, 0.15) is 5.82 Å². The summed E-state index contributed by atoms with van der Waals surface area (Å²) in [4.78, 5) is 0. The highest BCUT2D eigenvalue weighted by Gasteiger charge is 2.23. The first-order valence-electron chi connectivity index (χ1n) is 4.04. The Labute approximate surface area is 82.2 Å². The van der Waals surface area contributed by atoms with Crippen molar-refractivity contribution in [1.82, 2.24) is 0 Å². The smallest absolute Gasteiger partial charge is 0.142 e. The molecular weight excluding hydrogens is 191 g/mol. The molecule has 1 aromatic carbocycles. The third-order valence-corrected chi connectivity index (χ3v) is 2.46. The van der Waals surface area contributed by atoms with Gasteiger partial charge in [-0.2, -0.15) is 0 Å². The number of benzene rings is 1. The van der Waals surface area contributed by atoms with Crippen LogP contribution in [0.5, 0.6) is 0 Å². The largest absolute Gasteiger partial charge is 0.395 e. The van der Waals surface area contributed by atoms with Gasteiger partial charge in [0, 0.05) is 5.41 Å². The van der Waals surface area contributed by atoms with Crippen molar-refractivity contribution in [1.29, 1.82) is 0 Å². The molecule has 1 N–H and O–H groups in total. The Balaban J connectivity index is 3.22.